The number of methoxy groups -OCH3 is 1. The van der Waals surface area contributed by atoms with E-state index in [1.807, 2.05) is 27.5 Å². The number of fused-ring (bicyclic) bond motifs is 3. The molecule has 0 aromatic carbocycles. The summed E-state index contributed by atoms with van der Waals surface area (Å²) in [4.78, 5) is 32.7. The number of aromatic nitrogens is 2. The van der Waals surface area contributed by atoms with Gasteiger partial charge in [0.1, 0.15) is 17.2 Å². The first-order valence-corrected chi connectivity index (χ1v) is 13.1. The zero-order valence-electron chi connectivity index (χ0n) is 20.6. The Labute approximate surface area is 202 Å². The van der Waals surface area contributed by atoms with Gasteiger partial charge in [-0.25, -0.2) is 4.98 Å². The third-order valence-corrected chi connectivity index (χ3v) is 8.58. The molecule has 2 bridgehead atoms. The van der Waals surface area contributed by atoms with Crippen LogP contribution < -0.4 is 5.32 Å². The fraction of sp³-hybridized carbons (Fsp3) is 0.667. The molecule has 34 heavy (non-hydrogen) atoms. The van der Waals surface area contributed by atoms with Crippen molar-refractivity contribution in [1.82, 2.24) is 14.3 Å². The van der Waals surface area contributed by atoms with Crippen LogP contribution in [-0.4, -0.2) is 52.4 Å². The van der Waals surface area contributed by atoms with Gasteiger partial charge >= 0.3 is 0 Å². The van der Waals surface area contributed by atoms with Crippen LogP contribution in [0.3, 0.4) is 0 Å². The van der Waals surface area contributed by atoms with Crippen LogP contribution >= 0.6 is 0 Å². The van der Waals surface area contributed by atoms with Gasteiger partial charge in [-0.15, -0.1) is 0 Å². The summed E-state index contributed by atoms with van der Waals surface area (Å²) in [7, 11) is 1.72. The van der Waals surface area contributed by atoms with E-state index in [1.165, 1.54) is 44.9 Å². The summed E-state index contributed by atoms with van der Waals surface area (Å²) in [5.41, 5.74) is 1.25. The molecule has 1 saturated heterocycles. The molecule has 3 unspecified atom stereocenters. The van der Waals surface area contributed by atoms with Crippen molar-refractivity contribution < 1.29 is 14.3 Å². The second-order valence-electron chi connectivity index (χ2n) is 10.9. The lowest BCUT2D eigenvalue weighted by molar-refractivity contribution is -0.120. The Morgan fingerprint density at radius 2 is 2.03 bits per heavy atom. The first-order valence-electron chi connectivity index (χ1n) is 13.1. The van der Waals surface area contributed by atoms with Crippen molar-refractivity contribution in [3.8, 4) is 0 Å². The van der Waals surface area contributed by atoms with E-state index in [4.69, 9.17) is 4.74 Å². The first kappa shape index (κ1) is 23.3. The molecule has 2 aliphatic carbocycles. The molecule has 5 rings (SSSR count). The van der Waals surface area contributed by atoms with Crippen LogP contribution in [0, 0.1) is 17.3 Å². The van der Waals surface area contributed by atoms with Crippen molar-refractivity contribution in [1.29, 1.82) is 0 Å². The Hall–Kier alpha value is -2.41. The third kappa shape index (κ3) is 4.72. The molecule has 1 N–H and O–H groups in total. The van der Waals surface area contributed by atoms with Crippen LogP contribution in [0.2, 0.25) is 0 Å². The van der Waals surface area contributed by atoms with E-state index in [0.29, 0.717) is 36.7 Å². The normalized spacial score (nSPS) is 27.6. The molecule has 0 spiro atoms. The molecular weight excluding hydrogens is 428 g/mol. The largest absolute Gasteiger partial charge is 0.381 e. The van der Waals surface area contributed by atoms with Gasteiger partial charge in [-0.3, -0.25) is 14.0 Å². The quantitative estimate of drug-likeness (QED) is 0.656. The Kier molecular flexibility index (Phi) is 6.65. The molecule has 2 aromatic heterocycles. The number of imidazole rings is 1. The number of likely N-dealkylation sites (tertiary alicyclic amines) is 1. The van der Waals surface area contributed by atoms with E-state index in [2.05, 4.69) is 17.2 Å². The number of pyridine rings is 1. The van der Waals surface area contributed by atoms with Gasteiger partial charge in [-0.05, 0) is 67.9 Å². The van der Waals surface area contributed by atoms with E-state index in [1.54, 1.807) is 13.3 Å². The SMILES string of the molecule is CCC1CC2CCCC(CC(=O)Nc3cccc4nc(C(=O)N5CCC(OC)CC5)cn34)(C1)C2. The van der Waals surface area contributed by atoms with Crippen LogP contribution in [-0.2, 0) is 9.53 Å². The third-order valence-electron chi connectivity index (χ3n) is 8.58. The van der Waals surface area contributed by atoms with Crippen molar-refractivity contribution in [3.05, 3.63) is 30.1 Å². The van der Waals surface area contributed by atoms with Crippen molar-refractivity contribution in [2.45, 2.75) is 77.2 Å². The van der Waals surface area contributed by atoms with E-state index in [0.717, 1.165) is 24.7 Å². The molecule has 0 radical (unpaired) electrons. The number of carbonyl (C=O) groups excluding carboxylic acids is 2. The van der Waals surface area contributed by atoms with Crippen LogP contribution in [0.4, 0.5) is 5.82 Å². The van der Waals surface area contributed by atoms with Crippen molar-refractivity contribution in [3.63, 3.8) is 0 Å². The number of nitrogens with one attached hydrogen (secondary N) is 1. The van der Waals surface area contributed by atoms with Crippen LogP contribution in [0.15, 0.2) is 24.4 Å². The Morgan fingerprint density at radius 3 is 2.79 bits per heavy atom. The number of hydrogen-bond donors (Lipinski definition) is 1. The highest BCUT2D eigenvalue weighted by molar-refractivity contribution is 5.94. The monoisotopic (exact) mass is 466 g/mol. The minimum absolute atomic E-state index is 0.0597. The predicted molar refractivity (Wildman–Crippen MR) is 132 cm³/mol. The smallest absolute Gasteiger partial charge is 0.274 e. The summed E-state index contributed by atoms with van der Waals surface area (Å²) in [6.45, 7) is 3.64. The van der Waals surface area contributed by atoms with Gasteiger partial charge in [0.15, 0.2) is 0 Å². The predicted octanol–water partition coefficient (Wildman–Crippen LogP) is 4.91. The number of carbonyl (C=O) groups is 2. The summed E-state index contributed by atoms with van der Waals surface area (Å²) in [6.07, 6.45) is 12.9. The van der Waals surface area contributed by atoms with E-state index >= 15 is 0 Å². The van der Waals surface area contributed by atoms with Crippen LogP contribution in [0.5, 0.6) is 0 Å². The second-order valence-corrected chi connectivity index (χ2v) is 10.9. The lowest BCUT2D eigenvalue weighted by atomic mass is 9.57. The molecular formula is C27H38N4O3. The van der Waals surface area contributed by atoms with Gasteiger partial charge in [-0.1, -0.05) is 32.3 Å². The summed E-state index contributed by atoms with van der Waals surface area (Å²) in [6, 6.07) is 5.65. The summed E-state index contributed by atoms with van der Waals surface area (Å²) in [5, 5.41) is 3.15. The molecule has 7 nitrogen and oxygen atoms in total. The van der Waals surface area contributed by atoms with Crippen LogP contribution in [0.25, 0.3) is 5.65 Å². The maximum Gasteiger partial charge on any atom is 0.274 e. The minimum atomic E-state index is -0.0597. The highest BCUT2D eigenvalue weighted by Gasteiger charge is 2.43. The molecule has 7 heteroatoms. The van der Waals surface area contributed by atoms with Crippen molar-refractivity contribution >= 4 is 23.3 Å². The first-order chi connectivity index (χ1) is 16.5. The molecule has 2 aromatic rings. The fourth-order valence-corrected chi connectivity index (χ4v) is 6.88. The van der Waals surface area contributed by atoms with Gasteiger partial charge in [-0.2, -0.15) is 0 Å². The van der Waals surface area contributed by atoms with Gasteiger partial charge < -0.3 is 15.0 Å². The molecule has 2 amide bonds. The summed E-state index contributed by atoms with van der Waals surface area (Å²) in [5.74, 6) is 2.24. The summed E-state index contributed by atoms with van der Waals surface area (Å²) < 4.78 is 7.26. The van der Waals surface area contributed by atoms with Crippen LogP contribution in [0.1, 0.15) is 81.6 Å². The number of piperidine rings is 1. The summed E-state index contributed by atoms with van der Waals surface area (Å²) >= 11 is 0. The highest BCUT2D eigenvalue weighted by Crippen LogP contribution is 2.53. The van der Waals surface area contributed by atoms with Crippen molar-refractivity contribution in [2.24, 2.45) is 17.3 Å². The van der Waals surface area contributed by atoms with E-state index in [-0.39, 0.29) is 23.3 Å². The lowest BCUT2D eigenvalue weighted by Crippen LogP contribution is -2.40. The molecule has 3 fully saturated rings. The Morgan fingerprint density at radius 1 is 1.21 bits per heavy atom. The fourth-order valence-electron chi connectivity index (χ4n) is 6.88. The second kappa shape index (κ2) is 9.68. The number of anilines is 1. The number of hydrogen-bond acceptors (Lipinski definition) is 4. The molecule has 3 aliphatic rings. The molecule has 3 heterocycles. The van der Waals surface area contributed by atoms with Gasteiger partial charge in [0.25, 0.3) is 5.91 Å². The molecule has 2 saturated carbocycles. The Balaban J connectivity index is 1.29. The number of ether oxygens (including phenoxy) is 1. The molecule has 1 aliphatic heterocycles. The average Bonchev–Trinajstić information content (AvgIpc) is 3.28. The van der Waals surface area contributed by atoms with E-state index in [9.17, 15) is 9.59 Å². The number of nitrogens with zero attached hydrogens (tertiary/aromatic N) is 3. The number of amides is 2. The van der Waals surface area contributed by atoms with Gasteiger partial charge in [0, 0.05) is 32.8 Å². The highest BCUT2D eigenvalue weighted by atomic mass is 16.5. The Bertz CT molecular complexity index is 1040. The lowest BCUT2D eigenvalue weighted by Gasteiger charge is -2.48. The van der Waals surface area contributed by atoms with Crippen molar-refractivity contribution in [2.75, 3.05) is 25.5 Å². The average molecular weight is 467 g/mol. The zero-order valence-corrected chi connectivity index (χ0v) is 20.6. The van der Waals surface area contributed by atoms with Gasteiger partial charge in [0.05, 0.1) is 6.10 Å². The number of rotatable bonds is 6. The topological polar surface area (TPSA) is 75.9 Å². The molecule has 184 valence electrons. The maximum atomic E-state index is 13.2. The zero-order chi connectivity index (χ0) is 23.7. The van der Waals surface area contributed by atoms with Gasteiger partial charge in [0.2, 0.25) is 5.91 Å². The maximum absolute atomic E-state index is 13.2. The minimum Gasteiger partial charge on any atom is -0.381 e. The van der Waals surface area contributed by atoms with E-state index < -0.39 is 0 Å². The standard InChI is InChI=1S/C27H38N4O3/c1-3-19-14-20-6-5-11-27(15-19,16-20)17-25(32)29-24-8-4-7-23-28-22(18-31(23)24)26(33)30-12-9-21(34-2)10-13-30/h4,7-8,18-21H,3,5-6,9-17H2,1-2H3,(H,29,32). The molecule has 3 atom stereocenters.